The van der Waals surface area contributed by atoms with E-state index in [0.717, 1.165) is 17.2 Å². The van der Waals surface area contributed by atoms with Crippen molar-refractivity contribution in [1.82, 2.24) is 0 Å². The van der Waals surface area contributed by atoms with Crippen molar-refractivity contribution >= 4 is 22.8 Å². The Morgan fingerprint density at radius 1 is 0.750 bits per heavy atom. The van der Waals surface area contributed by atoms with Crippen molar-refractivity contribution in [1.29, 1.82) is 0 Å². The average molecular weight is 377 g/mol. The first-order valence-corrected chi connectivity index (χ1v) is 11.1. The molecule has 0 aliphatic heterocycles. The number of ether oxygens (including phenoxy) is 1. The summed E-state index contributed by atoms with van der Waals surface area (Å²) in [6.45, 7) is 0. The van der Waals surface area contributed by atoms with Gasteiger partial charge in [-0.25, -0.2) is 0 Å². The Kier molecular flexibility index (Phi) is 8.53. The van der Waals surface area contributed by atoms with Gasteiger partial charge >= 0.3 is 17.6 Å². The number of rotatable bonds is 11. The second-order valence-electron chi connectivity index (χ2n) is 5.00. The third-order valence-corrected chi connectivity index (χ3v) is 9.47. The first kappa shape index (κ1) is 21.3. The van der Waals surface area contributed by atoms with Crippen LogP contribution in [0.2, 0.25) is 6.04 Å². The van der Waals surface area contributed by atoms with E-state index in [2.05, 4.69) is 0 Å². The Hall–Kier alpha value is -0.786. The SMILES string of the molecule is COc1cc(CC[Si](OC)(OC)OC)ccc1[Si](OC)(OC)OC. The van der Waals surface area contributed by atoms with E-state index >= 15 is 0 Å². The maximum atomic E-state index is 5.53. The normalized spacial score (nSPS) is 12.5. The molecule has 138 valence electrons. The van der Waals surface area contributed by atoms with Crippen LogP contribution < -0.4 is 9.92 Å². The quantitative estimate of drug-likeness (QED) is 0.538. The molecule has 1 aromatic carbocycles. The van der Waals surface area contributed by atoms with E-state index in [9.17, 15) is 0 Å². The van der Waals surface area contributed by atoms with Gasteiger partial charge in [0, 0.05) is 48.7 Å². The van der Waals surface area contributed by atoms with Gasteiger partial charge < -0.3 is 31.3 Å². The lowest BCUT2D eigenvalue weighted by Crippen LogP contribution is -2.55. The van der Waals surface area contributed by atoms with E-state index in [-0.39, 0.29) is 0 Å². The van der Waals surface area contributed by atoms with Crippen molar-refractivity contribution in [3.63, 3.8) is 0 Å². The molecule has 0 spiro atoms. The van der Waals surface area contributed by atoms with Crippen molar-refractivity contribution in [2.45, 2.75) is 12.5 Å². The van der Waals surface area contributed by atoms with Gasteiger partial charge in [-0.1, -0.05) is 12.1 Å². The highest BCUT2D eigenvalue weighted by molar-refractivity contribution is 6.76. The summed E-state index contributed by atoms with van der Waals surface area (Å²) in [6.07, 6.45) is 0.736. The molecule has 0 amide bonds. The molecule has 0 N–H and O–H groups in total. The van der Waals surface area contributed by atoms with Crippen molar-refractivity contribution in [3.8, 4) is 5.75 Å². The van der Waals surface area contributed by atoms with Gasteiger partial charge in [-0.3, -0.25) is 0 Å². The average Bonchev–Trinajstić information content (AvgIpc) is 2.65. The molecule has 0 bridgehead atoms. The largest absolute Gasteiger partial charge is 0.540 e. The van der Waals surface area contributed by atoms with Crippen LogP contribution in [-0.4, -0.2) is 67.4 Å². The molecule has 7 nitrogen and oxygen atoms in total. The Morgan fingerprint density at radius 2 is 1.29 bits per heavy atom. The van der Waals surface area contributed by atoms with Crippen LogP contribution in [0.25, 0.3) is 0 Å². The highest BCUT2D eigenvalue weighted by Crippen LogP contribution is 2.21. The molecule has 0 saturated heterocycles. The Labute approximate surface area is 146 Å². The van der Waals surface area contributed by atoms with E-state index in [1.807, 2.05) is 18.2 Å². The highest BCUT2D eigenvalue weighted by Gasteiger charge is 2.43. The van der Waals surface area contributed by atoms with Crippen LogP contribution >= 0.6 is 0 Å². The van der Waals surface area contributed by atoms with E-state index in [0.29, 0.717) is 11.8 Å². The van der Waals surface area contributed by atoms with Gasteiger partial charge in [0.15, 0.2) is 0 Å². The number of aryl methyl sites for hydroxylation is 1. The fraction of sp³-hybridized carbons (Fsp3) is 0.600. The maximum Gasteiger partial charge on any atom is 0.540 e. The van der Waals surface area contributed by atoms with Gasteiger partial charge in [0.2, 0.25) is 0 Å². The van der Waals surface area contributed by atoms with Gasteiger partial charge in [-0.2, -0.15) is 0 Å². The molecule has 1 rings (SSSR count). The molecule has 0 aromatic heterocycles. The predicted octanol–water partition coefficient (Wildman–Crippen LogP) is 1.20. The van der Waals surface area contributed by atoms with Crippen LogP contribution in [0.15, 0.2) is 18.2 Å². The molecular formula is C15H28O7Si2. The van der Waals surface area contributed by atoms with Gasteiger partial charge in [0.1, 0.15) is 5.75 Å². The molecule has 0 saturated carbocycles. The van der Waals surface area contributed by atoms with Crippen molar-refractivity contribution in [2.75, 3.05) is 49.8 Å². The standard InChI is InChI=1S/C15H28O7Si2/c1-16-14-12-13(10-11-23(17-2,18-3)19-4)8-9-15(14)24(20-5,21-6)22-7/h8-9,12H,10-11H2,1-7H3. The first-order chi connectivity index (χ1) is 11.5. The molecule has 0 unspecified atom stereocenters. The van der Waals surface area contributed by atoms with Gasteiger partial charge in [-0.05, 0) is 18.1 Å². The van der Waals surface area contributed by atoms with E-state index in [4.69, 9.17) is 31.3 Å². The number of methoxy groups -OCH3 is 1. The highest BCUT2D eigenvalue weighted by atomic mass is 28.4. The summed E-state index contributed by atoms with van der Waals surface area (Å²) >= 11 is 0. The smallest absolute Gasteiger partial charge is 0.497 e. The lowest BCUT2D eigenvalue weighted by Gasteiger charge is -2.27. The van der Waals surface area contributed by atoms with E-state index in [1.165, 1.54) is 0 Å². The second kappa shape index (κ2) is 9.63. The number of hydrogen-bond acceptors (Lipinski definition) is 7. The van der Waals surface area contributed by atoms with E-state index in [1.54, 1.807) is 49.8 Å². The molecule has 0 aliphatic rings. The molecule has 0 aliphatic carbocycles. The summed E-state index contributed by atoms with van der Waals surface area (Å²) in [5.41, 5.74) is 1.07. The van der Waals surface area contributed by atoms with Crippen molar-refractivity contribution in [3.05, 3.63) is 23.8 Å². The van der Waals surface area contributed by atoms with Crippen LogP contribution in [0, 0.1) is 0 Å². The molecule has 0 heterocycles. The van der Waals surface area contributed by atoms with E-state index < -0.39 is 17.6 Å². The number of hydrogen-bond donors (Lipinski definition) is 0. The van der Waals surface area contributed by atoms with Crippen molar-refractivity contribution in [2.24, 2.45) is 0 Å². The summed E-state index contributed by atoms with van der Waals surface area (Å²) in [6, 6.07) is 6.54. The Balaban J connectivity index is 3.06. The van der Waals surface area contributed by atoms with Crippen LogP contribution in [0.5, 0.6) is 5.75 Å². The third kappa shape index (κ3) is 4.43. The third-order valence-electron chi connectivity index (χ3n) is 4.05. The van der Waals surface area contributed by atoms with Gasteiger partial charge in [0.05, 0.1) is 12.3 Å². The zero-order valence-corrected chi connectivity index (χ0v) is 17.5. The minimum Gasteiger partial charge on any atom is -0.497 e. The summed E-state index contributed by atoms with van der Waals surface area (Å²) in [7, 11) is 5.60. The zero-order valence-electron chi connectivity index (χ0n) is 15.5. The fourth-order valence-electron chi connectivity index (χ4n) is 2.58. The van der Waals surface area contributed by atoms with Crippen LogP contribution in [-0.2, 0) is 33.0 Å². The van der Waals surface area contributed by atoms with Crippen LogP contribution in [0.3, 0.4) is 0 Å². The Morgan fingerprint density at radius 3 is 1.71 bits per heavy atom. The molecule has 1 aromatic rings. The van der Waals surface area contributed by atoms with Gasteiger partial charge in [-0.15, -0.1) is 0 Å². The topological polar surface area (TPSA) is 64.6 Å². The molecular weight excluding hydrogens is 348 g/mol. The summed E-state index contributed by atoms with van der Waals surface area (Å²) in [5, 5.41) is 0.787. The molecule has 0 radical (unpaired) electrons. The minimum absolute atomic E-state index is 0.667. The fourth-order valence-corrected chi connectivity index (χ4v) is 6.21. The zero-order chi connectivity index (χ0) is 18.2. The second-order valence-corrected chi connectivity index (χ2v) is 11.0. The molecule has 0 fully saturated rings. The summed E-state index contributed by atoms with van der Waals surface area (Å²) in [5.74, 6) is 0.671. The predicted molar refractivity (Wildman–Crippen MR) is 94.7 cm³/mol. The summed E-state index contributed by atoms with van der Waals surface area (Å²) < 4.78 is 38.5. The monoisotopic (exact) mass is 376 g/mol. The van der Waals surface area contributed by atoms with Crippen molar-refractivity contribution < 1.29 is 31.3 Å². The molecule has 0 atom stereocenters. The Bertz CT molecular complexity index is 488. The lowest BCUT2D eigenvalue weighted by atomic mass is 10.1. The van der Waals surface area contributed by atoms with Crippen LogP contribution in [0.4, 0.5) is 0 Å². The molecule has 24 heavy (non-hydrogen) atoms. The van der Waals surface area contributed by atoms with Gasteiger partial charge in [0.25, 0.3) is 0 Å². The minimum atomic E-state index is -2.95. The summed E-state index contributed by atoms with van der Waals surface area (Å²) in [4.78, 5) is 0. The van der Waals surface area contributed by atoms with Crippen LogP contribution in [0.1, 0.15) is 5.56 Å². The molecule has 9 heteroatoms. The number of benzene rings is 1. The lowest BCUT2D eigenvalue weighted by molar-refractivity contribution is 0.123. The maximum absolute atomic E-state index is 5.53. The first-order valence-electron chi connectivity index (χ1n) is 7.48.